The van der Waals surface area contributed by atoms with E-state index in [4.69, 9.17) is 0 Å². The van der Waals surface area contributed by atoms with Crippen LogP contribution in [0.2, 0.25) is 0 Å². The Morgan fingerprint density at radius 3 is 2.56 bits per heavy atom. The molecular formula is C18H17N5O2. The minimum atomic E-state index is -0.324. The summed E-state index contributed by atoms with van der Waals surface area (Å²) in [5.74, 6) is 1.77. The molecule has 0 atom stereocenters. The van der Waals surface area contributed by atoms with Crippen molar-refractivity contribution >= 4 is 5.69 Å². The molecule has 0 unspecified atom stereocenters. The number of nitrogens with zero attached hydrogens (tertiary/aromatic N) is 5. The maximum atomic E-state index is 11.2. The molecule has 1 aromatic heterocycles. The van der Waals surface area contributed by atoms with Crippen LogP contribution in [0.25, 0.3) is 11.4 Å². The fourth-order valence-corrected chi connectivity index (χ4v) is 3.21. The van der Waals surface area contributed by atoms with Gasteiger partial charge in [0, 0.05) is 36.8 Å². The van der Waals surface area contributed by atoms with E-state index in [1.54, 1.807) is 12.1 Å². The Labute approximate surface area is 144 Å². The van der Waals surface area contributed by atoms with Crippen molar-refractivity contribution in [2.45, 2.75) is 19.6 Å². The van der Waals surface area contributed by atoms with Crippen LogP contribution in [-0.2, 0) is 19.6 Å². The van der Waals surface area contributed by atoms with E-state index in [0.717, 1.165) is 35.9 Å². The van der Waals surface area contributed by atoms with Crippen LogP contribution in [0.1, 0.15) is 11.4 Å². The number of fused-ring (bicyclic) bond motifs is 1. The molecular weight excluding hydrogens is 318 g/mol. The maximum absolute atomic E-state index is 11.2. The maximum Gasteiger partial charge on any atom is 0.273 e. The van der Waals surface area contributed by atoms with Crippen LogP contribution in [0.5, 0.6) is 0 Å². The van der Waals surface area contributed by atoms with Crippen molar-refractivity contribution in [3.8, 4) is 11.4 Å². The van der Waals surface area contributed by atoms with Gasteiger partial charge in [-0.2, -0.15) is 0 Å². The third-order valence-corrected chi connectivity index (χ3v) is 4.45. The first kappa shape index (κ1) is 15.5. The van der Waals surface area contributed by atoms with Crippen molar-refractivity contribution in [3.63, 3.8) is 0 Å². The zero-order valence-electron chi connectivity index (χ0n) is 13.6. The highest BCUT2D eigenvalue weighted by Crippen LogP contribution is 2.24. The lowest BCUT2D eigenvalue weighted by Crippen LogP contribution is -2.33. The predicted octanol–water partition coefficient (Wildman–Crippen LogP) is 2.87. The van der Waals surface area contributed by atoms with Crippen molar-refractivity contribution < 1.29 is 4.92 Å². The number of para-hydroxylation sites is 1. The van der Waals surface area contributed by atoms with Crippen molar-refractivity contribution in [1.29, 1.82) is 0 Å². The number of benzene rings is 2. The van der Waals surface area contributed by atoms with Crippen molar-refractivity contribution in [1.82, 2.24) is 19.7 Å². The Morgan fingerprint density at radius 2 is 1.76 bits per heavy atom. The summed E-state index contributed by atoms with van der Waals surface area (Å²) in [5.41, 5.74) is 1.94. The van der Waals surface area contributed by atoms with E-state index in [2.05, 4.69) is 19.7 Å². The van der Waals surface area contributed by atoms with Crippen molar-refractivity contribution in [3.05, 3.63) is 76.1 Å². The Morgan fingerprint density at radius 1 is 1.00 bits per heavy atom. The molecule has 0 fully saturated rings. The number of rotatable bonds is 4. The van der Waals surface area contributed by atoms with E-state index in [0.29, 0.717) is 13.1 Å². The standard InChI is InChI=1S/C18H17N5O2/c24-23(25)16-9-5-4-8-15(16)12-21-10-11-22-17(13-21)19-20-18(22)14-6-2-1-3-7-14/h1-9H,10-13H2. The van der Waals surface area contributed by atoms with E-state index in [-0.39, 0.29) is 10.6 Å². The Hall–Kier alpha value is -3.06. The average Bonchev–Trinajstić information content (AvgIpc) is 3.06. The van der Waals surface area contributed by atoms with Gasteiger partial charge >= 0.3 is 0 Å². The van der Waals surface area contributed by atoms with Crippen LogP contribution in [0, 0.1) is 10.1 Å². The molecule has 0 saturated heterocycles. The monoisotopic (exact) mass is 335 g/mol. The first-order valence-corrected chi connectivity index (χ1v) is 8.14. The van der Waals surface area contributed by atoms with Crippen LogP contribution in [0.15, 0.2) is 54.6 Å². The lowest BCUT2D eigenvalue weighted by atomic mass is 10.1. The summed E-state index contributed by atoms with van der Waals surface area (Å²) in [4.78, 5) is 13.0. The van der Waals surface area contributed by atoms with Crippen molar-refractivity contribution in [2.24, 2.45) is 0 Å². The fraction of sp³-hybridized carbons (Fsp3) is 0.222. The Kier molecular flexibility index (Phi) is 3.99. The third-order valence-electron chi connectivity index (χ3n) is 4.45. The van der Waals surface area contributed by atoms with Crippen LogP contribution >= 0.6 is 0 Å². The molecule has 0 amide bonds. The Balaban J connectivity index is 1.55. The molecule has 0 saturated carbocycles. The smallest absolute Gasteiger partial charge is 0.273 e. The number of hydrogen-bond donors (Lipinski definition) is 0. The zero-order valence-corrected chi connectivity index (χ0v) is 13.6. The normalized spacial score (nSPS) is 14.2. The van der Waals surface area contributed by atoms with E-state index < -0.39 is 0 Å². The van der Waals surface area contributed by atoms with E-state index in [1.807, 2.05) is 42.5 Å². The molecule has 1 aliphatic rings. The van der Waals surface area contributed by atoms with Gasteiger partial charge in [-0.25, -0.2) is 0 Å². The number of aromatic nitrogens is 3. The van der Waals surface area contributed by atoms with Gasteiger partial charge in [-0.1, -0.05) is 48.5 Å². The highest BCUT2D eigenvalue weighted by molar-refractivity contribution is 5.55. The van der Waals surface area contributed by atoms with Gasteiger partial charge in [0.2, 0.25) is 0 Å². The van der Waals surface area contributed by atoms with Crippen LogP contribution < -0.4 is 0 Å². The molecule has 126 valence electrons. The quantitative estimate of drug-likeness (QED) is 0.541. The molecule has 0 aliphatic carbocycles. The van der Waals surface area contributed by atoms with E-state index >= 15 is 0 Å². The lowest BCUT2D eigenvalue weighted by Gasteiger charge is -2.27. The van der Waals surface area contributed by atoms with Gasteiger partial charge in [-0.05, 0) is 0 Å². The molecule has 0 N–H and O–H groups in total. The summed E-state index contributed by atoms with van der Waals surface area (Å²) in [5, 5.41) is 19.8. The second-order valence-electron chi connectivity index (χ2n) is 6.05. The third kappa shape index (κ3) is 3.01. The van der Waals surface area contributed by atoms with E-state index in [1.165, 1.54) is 0 Å². The number of nitro groups is 1. The number of nitro benzene ring substituents is 1. The molecule has 1 aliphatic heterocycles. The first-order chi connectivity index (χ1) is 12.2. The van der Waals surface area contributed by atoms with Crippen molar-refractivity contribution in [2.75, 3.05) is 6.54 Å². The van der Waals surface area contributed by atoms with Crippen LogP contribution in [0.4, 0.5) is 5.69 Å². The summed E-state index contributed by atoms with van der Waals surface area (Å²) < 4.78 is 2.13. The van der Waals surface area contributed by atoms with Gasteiger partial charge < -0.3 is 4.57 Å². The molecule has 25 heavy (non-hydrogen) atoms. The molecule has 0 spiro atoms. The minimum absolute atomic E-state index is 0.166. The summed E-state index contributed by atoms with van der Waals surface area (Å²) >= 11 is 0. The van der Waals surface area contributed by atoms with Crippen LogP contribution in [-0.4, -0.2) is 31.1 Å². The molecule has 7 heteroatoms. The van der Waals surface area contributed by atoms with Gasteiger partial charge in [0.05, 0.1) is 11.5 Å². The van der Waals surface area contributed by atoms with Crippen LogP contribution in [0.3, 0.4) is 0 Å². The first-order valence-electron chi connectivity index (χ1n) is 8.14. The van der Waals surface area contributed by atoms with Gasteiger partial charge in [-0.3, -0.25) is 15.0 Å². The molecule has 7 nitrogen and oxygen atoms in total. The predicted molar refractivity (Wildman–Crippen MR) is 92.7 cm³/mol. The van der Waals surface area contributed by atoms with Gasteiger partial charge in [0.25, 0.3) is 5.69 Å². The Bertz CT molecular complexity index is 907. The summed E-state index contributed by atoms with van der Waals surface area (Å²) in [6.07, 6.45) is 0. The van der Waals surface area contributed by atoms with Gasteiger partial charge in [-0.15, -0.1) is 10.2 Å². The summed E-state index contributed by atoms with van der Waals surface area (Å²) in [6, 6.07) is 16.9. The molecule has 4 rings (SSSR count). The van der Waals surface area contributed by atoms with E-state index in [9.17, 15) is 10.1 Å². The molecule has 0 bridgehead atoms. The largest absolute Gasteiger partial charge is 0.309 e. The number of hydrogen-bond acceptors (Lipinski definition) is 5. The second-order valence-corrected chi connectivity index (χ2v) is 6.05. The molecule has 0 radical (unpaired) electrons. The SMILES string of the molecule is O=[N+]([O-])c1ccccc1CN1CCn2c(nnc2-c2ccccc2)C1. The fourth-order valence-electron chi connectivity index (χ4n) is 3.21. The lowest BCUT2D eigenvalue weighted by molar-refractivity contribution is -0.385. The highest BCUT2D eigenvalue weighted by Gasteiger charge is 2.23. The summed E-state index contributed by atoms with van der Waals surface area (Å²) in [6.45, 7) is 2.74. The van der Waals surface area contributed by atoms with Gasteiger partial charge in [0.15, 0.2) is 5.82 Å². The second kappa shape index (κ2) is 6.45. The minimum Gasteiger partial charge on any atom is -0.309 e. The highest BCUT2D eigenvalue weighted by atomic mass is 16.6. The average molecular weight is 335 g/mol. The molecule has 2 aromatic carbocycles. The topological polar surface area (TPSA) is 77.1 Å². The van der Waals surface area contributed by atoms with Gasteiger partial charge in [0.1, 0.15) is 5.82 Å². The zero-order chi connectivity index (χ0) is 17.2. The molecule has 3 aromatic rings. The summed E-state index contributed by atoms with van der Waals surface area (Å²) in [7, 11) is 0. The molecule has 2 heterocycles.